The lowest BCUT2D eigenvalue weighted by atomic mass is 9.99. The van der Waals surface area contributed by atoms with Crippen LogP contribution in [0.1, 0.15) is 26.3 Å². The van der Waals surface area contributed by atoms with Crippen molar-refractivity contribution in [2.75, 3.05) is 6.61 Å². The Hall–Kier alpha value is -3.96. The van der Waals surface area contributed by atoms with E-state index in [0.29, 0.717) is 5.56 Å². The first-order valence-electron chi connectivity index (χ1n) is 11.5. The van der Waals surface area contributed by atoms with Crippen LogP contribution in [0.5, 0.6) is 11.5 Å². The van der Waals surface area contributed by atoms with Crippen molar-refractivity contribution in [3.05, 3.63) is 95.6 Å². The van der Waals surface area contributed by atoms with E-state index in [2.05, 4.69) is 0 Å². The van der Waals surface area contributed by atoms with E-state index in [1.807, 2.05) is 0 Å². The highest BCUT2D eigenvalue weighted by molar-refractivity contribution is 5.92. The summed E-state index contributed by atoms with van der Waals surface area (Å²) in [4.78, 5) is 25.1. The monoisotopic (exact) mass is 510 g/mol. The Morgan fingerprint density at radius 1 is 0.838 bits per heavy atom. The van der Waals surface area contributed by atoms with Crippen molar-refractivity contribution < 1.29 is 49.0 Å². The van der Waals surface area contributed by atoms with Crippen molar-refractivity contribution in [3.63, 3.8) is 0 Å². The normalized spacial score (nSPS) is 23.2. The molecule has 0 bridgehead atoms. The van der Waals surface area contributed by atoms with Gasteiger partial charge in [-0.2, -0.15) is 0 Å². The second-order valence-electron chi connectivity index (χ2n) is 8.26. The third-order valence-electron chi connectivity index (χ3n) is 5.78. The van der Waals surface area contributed by atoms with Crippen LogP contribution in [0.2, 0.25) is 0 Å². The average Bonchev–Trinajstić information content (AvgIpc) is 2.92. The number of phenols is 1. The van der Waals surface area contributed by atoms with Crippen molar-refractivity contribution in [2.24, 2.45) is 0 Å². The van der Waals surface area contributed by atoms with Crippen LogP contribution in [0.4, 0.5) is 0 Å². The Labute approximate surface area is 212 Å². The summed E-state index contributed by atoms with van der Waals surface area (Å²) in [7, 11) is 0. The lowest BCUT2D eigenvalue weighted by Crippen LogP contribution is -2.61. The Balaban J connectivity index is 1.53. The first-order chi connectivity index (χ1) is 17.9. The molecule has 194 valence electrons. The van der Waals surface area contributed by atoms with Crippen LogP contribution in [0.15, 0.2) is 78.9 Å². The fourth-order valence-corrected chi connectivity index (χ4v) is 3.77. The van der Waals surface area contributed by atoms with Gasteiger partial charge < -0.3 is 39.4 Å². The Kier molecular flexibility index (Phi) is 8.36. The fraction of sp³-hybridized carbons (Fsp3) is 0.259. The van der Waals surface area contributed by atoms with E-state index in [0.717, 1.165) is 0 Å². The summed E-state index contributed by atoms with van der Waals surface area (Å²) in [5.74, 6) is -1.58. The van der Waals surface area contributed by atoms with Crippen LogP contribution < -0.4 is 4.74 Å². The molecule has 4 rings (SSSR count). The molecule has 1 saturated heterocycles. The van der Waals surface area contributed by atoms with E-state index in [1.165, 1.54) is 24.3 Å². The van der Waals surface area contributed by atoms with Gasteiger partial charge in [-0.05, 0) is 30.3 Å². The zero-order valence-electron chi connectivity index (χ0n) is 19.5. The number of carbonyl (C=O) groups excluding carboxylic acids is 2. The molecule has 1 fully saturated rings. The van der Waals surface area contributed by atoms with E-state index < -0.39 is 49.3 Å². The topological polar surface area (TPSA) is 152 Å². The van der Waals surface area contributed by atoms with Gasteiger partial charge in [0.2, 0.25) is 6.29 Å². The van der Waals surface area contributed by atoms with Gasteiger partial charge in [0.05, 0.1) is 12.2 Å². The molecule has 4 N–H and O–H groups in total. The second-order valence-corrected chi connectivity index (χ2v) is 8.26. The van der Waals surface area contributed by atoms with Crippen molar-refractivity contribution in [1.82, 2.24) is 0 Å². The first kappa shape index (κ1) is 26.1. The molecule has 0 amide bonds. The van der Waals surface area contributed by atoms with Crippen LogP contribution in [-0.2, 0) is 20.8 Å². The number of benzene rings is 3. The predicted octanol–water partition coefficient (Wildman–Crippen LogP) is 1.79. The Morgan fingerprint density at radius 3 is 2.24 bits per heavy atom. The van der Waals surface area contributed by atoms with Crippen molar-refractivity contribution >= 4 is 11.9 Å². The summed E-state index contributed by atoms with van der Waals surface area (Å²) in [6.07, 6.45) is -7.26. The van der Waals surface area contributed by atoms with E-state index in [1.54, 1.807) is 54.6 Å². The third-order valence-corrected chi connectivity index (χ3v) is 5.78. The van der Waals surface area contributed by atoms with Crippen molar-refractivity contribution in [3.8, 4) is 11.5 Å². The number of ether oxygens (including phenoxy) is 4. The molecule has 1 aliphatic heterocycles. The number of aliphatic hydroxyl groups excluding tert-OH is 3. The molecule has 0 saturated carbocycles. The van der Waals surface area contributed by atoms with Gasteiger partial charge in [-0.25, -0.2) is 9.59 Å². The second kappa shape index (κ2) is 11.8. The minimum atomic E-state index is -1.63. The highest BCUT2D eigenvalue weighted by Crippen LogP contribution is 2.29. The minimum absolute atomic E-state index is 0.00713. The molecule has 1 aliphatic rings. The highest BCUT2D eigenvalue weighted by Gasteiger charge is 2.48. The fourth-order valence-electron chi connectivity index (χ4n) is 3.77. The lowest BCUT2D eigenvalue weighted by Gasteiger charge is -2.41. The summed E-state index contributed by atoms with van der Waals surface area (Å²) in [5, 5.41) is 40.5. The smallest absolute Gasteiger partial charge is 0.342 e. The maximum absolute atomic E-state index is 12.7. The Bertz CT molecular complexity index is 1210. The number of phenolic OH excluding ortho intramolecular Hbond substituents is 1. The van der Waals surface area contributed by atoms with E-state index >= 15 is 0 Å². The number of carbonyl (C=O) groups is 2. The number of aromatic hydroxyl groups is 1. The van der Waals surface area contributed by atoms with Crippen LogP contribution in [0, 0.1) is 0 Å². The maximum Gasteiger partial charge on any atom is 0.342 e. The summed E-state index contributed by atoms with van der Waals surface area (Å²) >= 11 is 0. The SMILES string of the molecule is O=C(O[C@H]1[C@@H](Oc2ccccc2COC(=O)c2ccccc2O)O[C@H](CO)[C@@H](O)[C@@H]1O)c1ccccc1. The number of aliphatic hydroxyl groups is 3. The summed E-state index contributed by atoms with van der Waals surface area (Å²) in [6, 6.07) is 20.5. The minimum Gasteiger partial charge on any atom is -0.507 e. The van der Waals surface area contributed by atoms with Gasteiger partial charge in [0.1, 0.15) is 42.0 Å². The molecule has 5 atom stereocenters. The first-order valence-corrected chi connectivity index (χ1v) is 11.5. The maximum atomic E-state index is 12.7. The van der Waals surface area contributed by atoms with Gasteiger partial charge in [-0.3, -0.25) is 0 Å². The summed E-state index contributed by atoms with van der Waals surface area (Å²) < 4.78 is 22.3. The van der Waals surface area contributed by atoms with Gasteiger partial charge in [0.15, 0.2) is 6.10 Å². The molecule has 37 heavy (non-hydrogen) atoms. The summed E-state index contributed by atoms with van der Waals surface area (Å²) in [6.45, 7) is -0.865. The zero-order valence-corrected chi connectivity index (χ0v) is 19.5. The Morgan fingerprint density at radius 2 is 1.51 bits per heavy atom. The molecule has 10 nitrogen and oxygen atoms in total. The number of para-hydroxylation sites is 2. The molecular weight excluding hydrogens is 484 g/mol. The molecule has 0 spiro atoms. The van der Waals surface area contributed by atoms with Crippen LogP contribution in [0.3, 0.4) is 0 Å². The zero-order chi connectivity index (χ0) is 26.4. The number of hydrogen-bond donors (Lipinski definition) is 4. The third kappa shape index (κ3) is 6.07. The number of rotatable bonds is 8. The van der Waals surface area contributed by atoms with Gasteiger partial charge in [0, 0.05) is 5.56 Å². The molecule has 0 aromatic heterocycles. The lowest BCUT2D eigenvalue weighted by molar-refractivity contribution is -0.276. The van der Waals surface area contributed by atoms with Gasteiger partial charge in [-0.15, -0.1) is 0 Å². The van der Waals surface area contributed by atoms with Gasteiger partial charge in [-0.1, -0.05) is 48.5 Å². The van der Waals surface area contributed by atoms with Crippen molar-refractivity contribution in [2.45, 2.75) is 37.3 Å². The molecule has 0 radical (unpaired) electrons. The molecule has 10 heteroatoms. The van der Waals surface area contributed by atoms with Crippen LogP contribution in [0.25, 0.3) is 0 Å². The quantitative estimate of drug-likeness (QED) is 0.330. The van der Waals surface area contributed by atoms with E-state index in [-0.39, 0.29) is 29.2 Å². The van der Waals surface area contributed by atoms with Gasteiger partial charge >= 0.3 is 11.9 Å². The average molecular weight is 510 g/mol. The van der Waals surface area contributed by atoms with E-state index in [4.69, 9.17) is 18.9 Å². The molecular formula is C27H26O10. The van der Waals surface area contributed by atoms with Gasteiger partial charge in [0.25, 0.3) is 0 Å². The number of esters is 2. The molecule has 0 aliphatic carbocycles. The highest BCUT2D eigenvalue weighted by atomic mass is 16.7. The van der Waals surface area contributed by atoms with Crippen LogP contribution >= 0.6 is 0 Å². The molecule has 3 aromatic rings. The van der Waals surface area contributed by atoms with Crippen LogP contribution in [-0.4, -0.2) is 69.7 Å². The molecule has 0 unspecified atom stereocenters. The van der Waals surface area contributed by atoms with Crippen molar-refractivity contribution in [1.29, 1.82) is 0 Å². The summed E-state index contributed by atoms with van der Waals surface area (Å²) in [5.41, 5.74) is 0.611. The predicted molar refractivity (Wildman–Crippen MR) is 128 cm³/mol. The molecule has 3 aromatic carbocycles. The largest absolute Gasteiger partial charge is 0.507 e. The van der Waals surface area contributed by atoms with E-state index in [9.17, 15) is 30.0 Å². The standard InChI is InChI=1S/C27H26O10/c28-14-21-22(30)23(31)24(37-25(32)16-8-2-1-3-9-16)27(36-21)35-20-13-7-4-10-17(20)15-34-26(33)18-11-5-6-12-19(18)29/h1-13,21-24,27-31H,14-15H2/t21-,22-,23+,24-,27+/m1/s1. The number of hydrogen-bond acceptors (Lipinski definition) is 10. The molecule has 1 heterocycles.